The Morgan fingerprint density at radius 2 is 1.75 bits per heavy atom. The molecule has 0 unspecified atom stereocenters. The molecule has 1 saturated heterocycles. The highest BCUT2D eigenvalue weighted by Gasteiger charge is 2.26. The van der Waals surface area contributed by atoms with Gasteiger partial charge in [0.2, 0.25) is 5.91 Å². The van der Waals surface area contributed by atoms with Crippen LogP contribution in [0.15, 0.2) is 83.6 Å². The van der Waals surface area contributed by atoms with Crippen LogP contribution in [0.1, 0.15) is 35.4 Å². The summed E-state index contributed by atoms with van der Waals surface area (Å²) in [6.45, 7) is 4.89. The van der Waals surface area contributed by atoms with Crippen molar-refractivity contribution in [3.63, 3.8) is 0 Å². The van der Waals surface area contributed by atoms with E-state index in [-0.39, 0.29) is 5.91 Å². The number of aromatic nitrogens is 4. The second-order valence-corrected chi connectivity index (χ2v) is 10.3. The molecule has 202 valence electrons. The highest BCUT2D eigenvalue weighted by atomic mass is 16.5. The highest BCUT2D eigenvalue weighted by molar-refractivity contribution is 5.98. The summed E-state index contributed by atoms with van der Waals surface area (Å²) in [7, 11) is 0. The van der Waals surface area contributed by atoms with Crippen LogP contribution in [0.5, 0.6) is 0 Å². The molecule has 0 aliphatic carbocycles. The van der Waals surface area contributed by atoms with Crippen molar-refractivity contribution in [3.05, 3.63) is 102 Å². The first-order valence-electron chi connectivity index (χ1n) is 13.8. The molecular weight excluding hydrogens is 500 g/mol. The van der Waals surface area contributed by atoms with Crippen LogP contribution in [0.25, 0.3) is 22.4 Å². The summed E-state index contributed by atoms with van der Waals surface area (Å²) in [6, 6.07) is 22.4. The van der Waals surface area contributed by atoms with Crippen LogP contribution in [0.4, 0.5) is 5.82 Å². The summed E-state index contributed by atoms with van der Waals surface area (Å²) in [5.41, 5.74) is 5.53. The van der Waals surface area contributed by atoms with Crippen LogP contribution >= 0.6 is 0 Å². The zero-order valence-electron chi connectivity index (χ0n) is 22.7. The van der Waals surface area contributed by atoms with Crippen molar-refractivity contribution in [3.8, 4) is 11.3 Å². The fourth-order valence-corrected chi connectivity index (χ4v) is 5.21. The zero-order valence-corrected chi connectivity index (χ0v) is 22.7. The smallest absolute Gasteiger partial charge is 0.263 e. The van der Waals surface area contributed by atoms with Gasteiger partial charge in [0.05, 0.1) is 0 Å². The molecule has 0 saturated carbocycles. The second kappa shape index (κ2) is 11.7. The largest absolute Gasteiger partial charge is 0.354 e. The van der Waals surface area contributed by atoms with Crippen LogP contribution in [0.2, 0.25) is 0 Å². The maximum absolute atomic E-state index is 13.1. The summed E-state index contributed by atoms with van der Waals surface area (Å²) < 4.78 is 5.78. The molecule has 8 heteroatoms. The van der Waals surface area contributed by atoms with Gasteiger partial charge < -0.3 is 14.3 Å². The number of carbonyl (C=O) groups excluding carboxylic acids is 1. The second-order valence-electron chi connectivity index (χ2n) is 10.3. The van der Waals surface area contributed by atoms with Crippen LogP contribution in [0.3, 0.4) is 0 Å². The number of anilines is 1. The van der Waals surface area contributed by atoms with Crippen molar-refractivity contribution in [2.45, 2.75) is 32.6 Å². The highest BCUT2D eigenvalue weighted by Crippen LogP contribution is 2.34. The van der Waals surface area contributed by atoms with Crippen molar-refractivity contribution in [1.29, 1.82) is 0 Å². The Balaban J connectivity index is 1.28. The monoisotopic (exact) mass is 532 g/mol. The predicted molar refractivity (Wildman–Crippen MR) is 155 cm³/mol. The molecule has 5 aromatic rings. The van der Waals surface area contributed by atoms with Gasteiger partial charge in [0.15, 0.2) is 0 Å². The standard InChI is InChI=1S/C32H32N6O2/c1-23-10-12-25(13-11-23)21-27-34-31(29-30(36-40-32(29)35-27)26-9-5-16-33-22-26)38-18-6-17-37(19-20-38)28(39)15-14-24-7-3-2-4-8-24/h2-5,7-13,16,22H,6,14-15,17-21H2,1H3. The Bertz CT molecular complexity index is 1590. The molecule has 4 heterocycles. The molecule has 0 bridgehead atoms. The van der Waals surface area contributed by atoms with Crippen molar-refractivity contribution >= 4 is 22.8 Å². The van der Waals surface area contributed by atoms with E-state index in [4.69, 9.17) is 14.5 Å². The van der Waals surface area contributed by atoms with Gasteiger partial charge in [0.25, 0.3) is 5.71 Å². The van der Waals surface area contributed by atoms with Crippen molar-refractivity contribution in [2.75, 3.05) is 31.1 Å². The average molecular weight is 533 g/mol. The molecule has 2 aromatic carbocycles. The van der Waals surface area contributed by atoms with Crippen molar-refractivity contribution in [1.82, 2.24) is 25.0 Å². The van der Waals surface area contributed by atoms with E-state index < -0.39 is 0 Å². The Labute approximate surface area is 233 Å². The molecule has 3 aromatic heterocycles. The molecule has 1 fully saturated rings. The molecule has 0 spiro atoms. The minimum atomic E-state index is 0.194. The van der Waals surface area contributed by atoms with E-state index in [0.717, 1.165) is 48.3 Å². The molecule has 6 rings (SSSR count). The number of amides is 1. The lowest BCUT2D eigenvalue weighted by molar-refractivity contribution is -0.130. The normalized spacial score (nSPS) is 13.9. The predicted octanol–water partition coefficient (Wildman–Crippen LogP) is 5.25. The molecule has 8 nitrogen and oxygen atoms in total. The van der Waals surface area contributed by atoms with E-state index in [1.165, 1.54) is 11.1 Å². The number of pyridine rings is 1. The number of rotatable bonds is 7. The summed E-state index contributed by atoms with van der Waals surface area (Å²) >= 11 is 0. The van der Waals surface area contributed by atoms with E-state index in [9.17, 15) is 4.79 Å². The van der Waals surface area contributed by atoms with E-state index in [0.29, 0.717) is 43.2 Å². The molecule has 0 atom stereocenters. The Kier molecular flexibility index (Phi) is 7.48. The van der Waals surface area contributed by atoms with Gasteiger partial charge in [-0.05, 0) is 43.0 Å². The number of aryl methyl sites for hydroxylation is 2. The van der Waals surface area contributed by atoms with E-state index >= 15 is 0 Å². The molecule has 40 heavy (non-hydrogen) atoms. The summed E-state index contributed by atoms with van der Waals surface area (Å²) in [6.07, 6.45) is 6.22. The molecule has 1 amide bonds. The fourth-order valence-electron chi connectivity index (χ4n) is 5.21. The van der Waals surface area contributed by atoms with E-state index in [2.05, 4.69) is 58.4 Å². The number of carbonyl (C=O) groups is 1. The first-order valence-corrected chi connectivity index (χ1v) is 13.8. The van der Waals surface area contributed by atoms with Crippen LogP contribution in [-0.4, -0.2) is 57.1 Å². The number of nitrogens with zero attached hydrogens (tertiary/aromatic N) is 6. The number of hydrogen-bond acceptors (Lipinski definition) is 7. The molecule has 1 aliphatic heterocycles. The Morgan fingerprint density at radius 3 is 2.55 bits per heavy atom. The van der Waals surface area contributed by atoms with Gasteiger partial charge >= 0.3 is 0 Å². The first kappa shape index (κ1) is 25.7. The lowest BCUT2D eigenvalue weighted by atomic mass is 10.1. The van der Waals surface area contributed by atoms with Crippen LogP contribution in [0, 0.1) is 6.92 Å². The Hall–Kier alpha value is -4.59. The van der Waals surface area contributed by atoms with E-state index in [1.807, 2.05) is 35.2 Å². The molecule has 0 radical (unpaired) electrons. The van der Waals surface area contributed by atoms with Crippen LogP contribution < -0.4 is 4.90 Å². The maximum atomic E-state index is 13.1. The summed E-state index contributed by atoms with van der Waals surface area (Å²) in [4.78, 5) is 31.5. The minimum Gasteiger partial charge on any atom is -0.354 e. The van der Waals surface area contributed by atoms with Crippen LogP contribution in [-0.2, 0) is 17.6 Å². The SMILES string of the molecule is Cc1ccc(Cc2nc(N3CCCN(C(=O)CCc4ccccc4)CC3)c3c(-c4cccnc4)noc3n2)cc1. The van der Waals surface area contributed by atoms with Gasteiger partial charge in [-0.2, -0.15) is 4.98 Å². The quantitative estimate of drug-likeness (QED) is 0.283. The third-order valence-corrected chi connectivity index (χ3v) is 7.40. The van der Waals surface area contributed by atoms with Gasteiger partial charge in [-0.3, -0.25) is 9.78 Å². The van der Waals surface area contributed by atoms with Crippen molar-refractivity contribution < 1.29 is 9.32 Å². The maximum Gasteiger partial charge on any atom is 0.263 e. The molecule has 1 aliphatic rings. The summed E-state index contributed by atoms with van der Waals surface area (Å²) in [5, 5.41) is 5.17. The summed E-state index contributed by atoms with van der Waals surface area (Å²) in [5.74, 6) is 1.67. The van der Waals surface area contributed by atoms with Gasteiger partial charge in [0, 0.05) is 57.0 Å². The Morgan fingerprint density at radius 1 is 0.900 bits per heavy atom. The van der Waals surface area contributed by atoms with Gasteiger partial charge in [-0.1, -0.05) is 65.3 Å². The lowest BCUT2D eigenvalue weighted by Gasteiger charge is -2.24. The van der Waals surface area contributed by atoms with Gasteiger partial charge in [-0.15, -0.1) is 0 Å². The van der Waals surface area contributed by atoms with Gasteiger partial charge in [0.1, 0.15) is 22.7 Å². The van der Waals surface area contributed by atoms with Crippen molar-refractivity contribution in [2.24, 2.45) is 0 Å². The lowest BCUT2D eigenvalue weighted by Crippen LogP contribution is -2.35. The topological polar surface area (TPSA) is 88.3 Å². The molecule has 0 N–H and O–H groups in total. The minimum absolute atomic E-state index is 0.194. The van der Waals surface area contributed by atoms with Gasteiger partial charge in [-0.25, -0.2) is 4.98 Å². The van der Waals surface area contributed by atoms with E-state index in [1.54, 1.807) is 12.4 Å². The third kappa shape index (κ3) is 5.71. The fraction of sp³-hybridized carbons (Fsp3) is 0.281. The average Bonchev–Trinajstić information content (AvgIpc) is 3.26. The first-order chi connectivity index (χ1) is 19.6. The number of fused-ring (bicyclic) bond motifs is 1. The number of benzene rings is 2. The third-order valence-electron chi connectivity index (χ3n) is 7.40. The molecular formula is C32H32N6O2. The zero-order chi connectivity index (χ0) is 27.3. The number of hydrogen-bond donors (Lipinski definition) is 0.